The van der Waals surface area contributed by atoms with Gasteiger partial charge in [-0.2, -0.15) is 0 Å². The lowest BCUT2D eigenvalue weighted by molar-refractivity contribution is 0.0331. The van der Waals surface area contributed by atoms with Crippen molar-refractivity contribution < 1.29 is 9.47 Å². The van der Waals surface area contributed by atoms with E-state index in [2.05, 4.69) is 43.1 Å². The maximum Gasteiger partial charge on any atom is 0.146 e. The van der Waals surface area contributed by atoms with Crippen molar-refractivity contribution in [2.45, 2.75) is 39.8 Å². The van der Waals surface area contributed by atoms with Crippen LogP contribution in [0.25, 0.3) is 10.2 Å². The van der Waals surface area contributed by atoms with Gasteiger partial charge < -0.3 is 14.8 Å². The molecule has 3 heterocycles. The van der Waals surface area contributed by atoms with E-state index in [1.165, 1.54) is 16.0 Å². The van der Waals surface area contributed by atoms with Gasteiger partial charge in [-0.05, 0) is 43.5 Å². The summed E-state index contributed by atoms with van der Waals surface area (Å²) in [4.78, 5) is 14.6. The predicted molar refractivity (Wildman–Crippen MR) is 123 cm³/mol. The van der Waals surface area contributed by atoms with Crippen LogP contribution in [0.3, 0.4) is 0 Å². The Bertz CT molecular complexity index is 997. The van der Waals surface area contributed by atoms with E-state index in [1.807, 2.05) is 12.1 Å². The Morgan fingerprint density at radius 2 is 1.90 bits per heavy atom. The minimum absolute atomic E-state index is 0.171. The molecule has 160 valence electrons. The molecular weight excluding hydrogens is 396 g/mol. The van der Waals surface area contributed by atoms with Crippen molar-refractivity contribution in [1.29, 1.82) is 0 Å². The second kappa shape index (κ2) is 9.29. The van der Waals surface area contributed by atoms with Crippen LogP contribution in [0.1, 0.15) is 41.2 Å². The summed E-state index contributed by atoms with van der Waals surface area (Å²) in [5, 5.41) is 4.88. The number of fused-ring (bicyclic) bond motifs is 1. The second-order valence-electron chi connectivity index (χ2n) is 7.72. The van der Waals surface area contributed by atoms with Crippen LogP contribution in [0.2, 0.25) is 0 Å². The highest BCUT2D eigenvalue weighted by atomic mass is 32.1. The summed E-state index contributed by atoms with van der Waals surface area (Å²) in [5.74, 6) is 2.68. The molecular formula is C23H30N4O2S. The van der Waals surface area contributed by atoms with E-state index in [4.69, 9.17) is 19.4 Å². The fourth-order valence-electron chi connectivity index (χ4n) is 3.85. The van der Waals surface area contributed by atoms with Crippen LogP contribution in [0, 0.1) is 13.8 Å². The van der Waals surface area contributed by atoms with Gasteiger partial charge in [-0.1, -0.05) is 19.1 Å². The monoisotopic (exact) mass is 426 g/mol. The third-order valence-corrected chi connectivity index (χ3v) is 6.88. The van der Waals surface area contributed by atoms with Crippen molar-refractivity contribution in [2.75, 3.05) is 38.7 Å². The second-order valence-corrected chi connectivity index (χ2v) is 8.92. The summed E-state index contributed by atoms with van der Waals surface area (Å²) >= 11 is 1.75. The molecule has 2 aromatic heterocycles. The zero-order chi connectivity index (χ0) is 21.1. The third-order valence-electron chi connectivity index (χ3n) is 5.78. The molecule has 1 aliphatic rings. The normalized spacial score (nSPS) is 16.0. The maximum atomic E-state index is 5.48. The predicted octanol–water partition coefficient (Wildman–Crippen LogP) is 4.71. The molecule has 1 atom stereocenters. The van der Waals surface area contributed by atoms with Crippen molar-refractivity contribution in [3.8, 4) is 5.75 Å². The molecule has 3 aromatic rings. The molecule has 7 heteroatoms. The number of rotatable bonds is 7. The van der Waals surface area contributed by atoms with Gasteiger partial charge in [0.05, 0.1) is 38.3 Å². The number of benzene rings is 1. The average Bonchev–Trinajstić information content (AvgIpc) is 3.06. The van der Waals surface area contributed by atoms with Gasteiger partial charge in [0.2, 0.25) is 0 Å². The number of thiophene rings is 1. The number of aryl methyl sites for hydroxylation is 2. The van der Waals surface area contributed by atoms with E-state index < -0.39 is 0 Å². The molecule has 1 aromatic carbocycles. The topological polar surface area (TPSA) is 59.5 Å². The number of anilines is 1. The van der Waals surface area contributed by atoms with Crippen LogP contribution in [0.15, 0.2) is 24.3 Å². The van der Waals surface area contributed by atoms with Gasteiger partial charge in [0.25, 0.3) is 0 Å². The van der Waals surface area contributed by atoms with Crippen molar-refractivity contribution >= 4 is 27.4 Å². The molecule has 30 heavy (non-hydrogen) atoms. The van der Waals surface area contributed by atoms with Crippen LogP contribution >= 0.6 is 11.3 Å². The minimum atomic E-state index is 0.171. The van der Waals surface area contributed by atoms with Crippen molar-refractivity contribution in [1.82, 2.24) is 14.9 Å². The van der Waals surface area contributed by atoms with Gasteiger partial charge >= 0.3 is 0 Å². The van der Waals surface area contributed by atoms with Gasteiger partial charge in [-0.25, -0.2) is 9.97 Å². The molecule has 0 bridgehead atoms. The van der Waals surface area contributed by atoms with Gasteiger partial charge in [0.1, 0.15) is 22.2 Å². The Labute approximate surface area is 182 Å². The largest absolute Gasteiger partial charge is 0.497 e. The average molecular weight is 427 g/mol. The first-order valence-corrected chi connectivity index (χ1v) is 11.4. The minimum Gasteiger partial charge on any atom is -0.497 e. The number of hydrogen-bond donors (Lipinski definition) is 1. The van der Waals surface area contributed by atoms with E-state index in [9.17, 15) is 0 Å². The molecule has 1 N–H and O–H groups in total. The molecule has 1 unspecified atom stereocenters. The highest BCUT2D eigenvalue weighted by Crippen LogP contribution is 2.35. The van der Waals surface area contributed by atoms with Crippen LogP contribution in [-0.4, -0.2) is 48.3 Å². The molecule has 4 rings (SSSR count). The first kappa shape index (κ1) is 21.0. The fraction of sp³-hybridized carbons (Fsp3) is 0.478. The SMILES string of the molecule is CCC(Nc1nc(CN2CCOCC2)nc2sc(C)c(C)c12)c1ccc(OC)cc1. The molecule has 0 amide bonds. The molecule has 0 radical (unpaired) electrons. The number of morpholine rings is 1. The fourth-order valence-corrected chi connectivity index (χ4v) is 4.90. The first-order chi connectivity index (χ1) is 14.6. The maximum absolute atomic E-state index is 5.48. The zero-order valence-electron chi connectivity index (χ0n) is 18.2. The zero-order valence-corrected chi connectivity index (χ0v) is 19.0. The Morgan fingerprint density at radius 1 is 1.17 bits per heavy atom. The lowest BCUT2D eigenvalue weighted by Crippen LogP contribution is -2.36. The van der Waals surface area contributed by atoms with Crippen LogP contribution in [-0.2, 0) is 11.3 Å². The molecule has 0 aliphatic carbocycles. The first-order valence-electron chi connectivity index (χ1n) is 10.6. The van der Waals surface area contributed by atoms with E-state index in [1.54, 1.807) is 18.4 Å². The van der Waals surface area contributed by atoms with Crippen molar-refractivity contribution in [3.05, 3.63) is 46.1 Å². The smallest absolute Gasteiger partial charge is 0.146 e. The number of methoxy groups -OCH3 is 1. The van der Waals surface area contributed by atoms with Crippen molar-refractivity contribution in [2.24, 2.45) is 0 Å². The summed E-state index contributed by atoms with van der Waals surface area (Å²) in [6, 6.07) is 8.44. The Kier molecular flexibility index (Phi) is 6.51. The Hall–Kier alpha value is -2.22. The van der Waals surface area contributed by atoms with Gasteiger partial charge in [-0.15, -0.1) is 11.3 Å². The summed E-state index contributed by atoms with van der Waals surface area (Å²) in [5.41, 5.74) is 2.49. The van der Waals surface area contributed by atoms with Crippen molar-refractivity contribution in [3.63, 3.8) is 0 Å². The van der Waals surface area contributed by atoms with Gasteiger partial charge in [-0.3, -0.25) is 4.90 Å². The number of nitrogens with one attached hydrogen (secondary N) is 1. The molecule has 0 saturated carbocycles. The van der Waals surface area contributed by atoms with E-state index in [-0.39, 0.29) is 6.04 Å². The number of aromatic nitrogens is 2. The van der Waals surface area contributed by atoms with E-state index >= 15 is 0 Å². The Morgan fingerprint density at radius 3 is 2.57 bits per heavy atom. The van der Waals surface area contributed by atoms with Gasteiger partial charge in [0.15, 0.2) is 0 Å². The summed E-state index contributed by atoms with van der Waals surface area (Å²) < 4.78 is 10.8. The highest BCUT2D eigenvalue weighted by molar-refractivity contribution is 7.18. The summed E-state index contributed by atoms with van der Waals surface area (Å²) in [7, 11) is 1.69. The lowest BCUT2D eigenvalue weighted by Gasteiger charge is -2.26. The molecule has 1 saturated heterocycles. The highest BCUT2D eigenvalue weighted by Gasteiger charge is 2.20. The number of ether oxygens (including phenoxy) is 2. The lowest BCUT2D eigenvalue weighted by atomic mass is 10.0. The molecule has 0 spiro atoms. The Balaban J connectivity index is 1.67. The quantitative estimate of drug-likeness (QED) is 0.590. The summed E-state index contributed by atoms with van der Waals surface area (Å²) in [6.45, 7) is 10.7. The third kappa shape index (κ3) is 4.43. The van der Waals surface area contributed by atoms with Crippen LogP contribution < -0.4 is 10.1 Å². The molecule has 1 aliphatic heterocycles. The number of nitrogens with zero attached hydrogens (tertiary/aromatic N) is 3. The van der Waals surface area contributed by atoms with E-state index in [0.29, 0.717) is 0 Å². The van der Waals surface area contributed by atoms with Crippen LogP contribution in [0.5, 0.6) is 5.75 Å². The standard InChI is InChI=1S/C23H30N4O2S/c1-5-19(17-6-8-18(28-4)9-7-17)24-22-21-15(2)16(3)30-23(21)26-20(25-22)14-27-10-12-29-13-11-27/h6-9,19H,5,10-14H2,1-4H3,(H,24,25,26). The molecule has 6 nitrogen and oxygen atoms in total. The summed E-state index contributed by atoms with van der Waals surface area (Å²) in [6.07, 6.45) is 0.957. The van der Waals surface area contributed by atoms with Gasteiger partial charge in [0, 0.05) is 18.0 Å². The number of hydrogen-bond acceptors (Lipinski definition) is 7. The van der Waals surface area contributed by atoms with Crippen LogP contribution in [0.4, 0.5) is 5.82 Å². The molecule has 1 fully saturated rings. The van der Waals surface area contributed by atoms with E-state index in [0.717, 1.165) is 66.9 Å².